The molecule has 0 aliphatic rings. The quantitative estimate of drug-likeness (QED) is 0.458. The van der Waals surface area contributed by atoms with Gasteiger partial charge < -0.3 is 4.74 Å². The molecule has 0 heterocycles. The maximum absolute atomic E-state index is 5.43. The highest BCUT2D eigenvalue weighted by Gasteiger charge is 2.16. The average Bonchev–Trinajstić information content (AvgIpc) is 2.00. The van der Waals surface area contributed by atoms with E-state index in [-0.39, 0.29) is 0 Å². The third-order valence-electron chi connectivity index (χ3n) is 2.24. The molecule has 0 aromatic heterocycles. The van der Waals surface area contributed by atoms with Crippen molar-refractivity contribution >= 4 is 8.07 Å². The molecular weight excluding hydrogens is 188 g/mol. The number of methoxy groups -OCH3 is 1. The van der Waals surface area contributed by atoms with Crippen LogP contribution in [0.1, 0.15) is 26.2 Å². The Morgan fingerprint density at radius 1 is 1.36 bits per heavy atom. The Morgan fingerprint density at radius 2 is 1.93 bits per heavy atom. The van der Waals surface area contributed by atoms with Gasteiger partial charge in [0.2, 0.25) is 0 Å². The van der Waals surface area contributed by atoms with Crippen LogP contribution in [0.2, 0.25) is 25.7 Å². The number of hydrogen-bond donors (Lipinski definition) is 0. The van der Waals surface area contributed by atoms with Crippen molar-refractivity contribution in [2.24, 2.45) is 0 Å². The zero-order valence-electron chi connectivity index (χ0n) is 10.5. The van der Waals surface area contributed by atoms with Crippen LogP contribution in [0.3, 0.4) is 0 Å². The molecule has 0 rings (SSSR count). The summed E-state index contributed by atoms with van der Waals surface area (Å²) in [6, 6.07) is 1.23. The summed E-state index contributed by atoms with van der Waals surface area (Å²) in [7, 11) is 0.830. The molecule has 0 fully saturated rings. The molecule has 2 heteroatoms. The first-order chi connectivity index (χ1) is 6.39. The summed E-state index contributed by atoms with van der Waals surface area (Å²) in [4.78, 5) is 0. The van der Waals surface area contributed by atoms with Crippen LogP contribution in [0.4, 0.5) is 0 Å². The molecule has 0 bridgehead atoms. The van der Waals surface area contributed by atoms with E-state index >= 15 is 0 Å². The van der Waals surface area contributed by atoms with Gasteiger partial charge in [-0.1, -0.05) is 38.6 Å². The van der Waals surface area contributed by atoms with Crippen molar-refractivity contribution in [3.05, 3.63) is 12.2 Å². The van der Waals surface area contributed by atoms with Gasteiger partial charge in [-0.05, 0) is 18.9 Å². The minimum Gasteiger partial charge on any atom is -0.381 e. The molecule has 14 heavy (non-hydrogen) atoms. The third kappa shape index (κ3) is 7.33. The number of hydrogen-bond acceptors (Lipinski definition) is 1. The smallest absolute Gasteiger partial charge is 0.0608 e. The van der Waals surface area contributed by atoms with Crippen molar-refractivity contribution in [3.8, 4) is 0 Å². The standard InChI is InChI=1S/C12H26OSi/c1-7-8-12(13-3)9-11(2)10-14(4,5)6/h12H,2,7-10H2,1,3-6H3. The average molecular weight is 214 g/mol. The van der Waals surface area contributed by atoms with E-state index in [0.29, 0.717) is 6.10 Å². The Kier molecular flexibility index (Phi) is 6.37. The summed E-state index contributed by atoms with van der Waals surface area (Å²) >= 11 is 0. The van der Waals surface area contributed by atoms with E-state index in [1.165, 1.54) is 18.0 Å². The normalized spacial score (nSPS) is 14.1. The highest BCUT2D eigenvalue weighted by molar-refractivity contribution is 6.76. The van der Waals surface area contributed by atoms with Gasteiger partial charge in [0.15, 0.2) is 0 Å². The highest BCUT2D eigenvalue weighted by atomic mass is 28.3. The van der Waals surface area contributed by atoms with Crippen LogP contribution in [0.5, 0.6) is 0 Å². The molecule has 1 unspecified atom stereocenters. The van der Waals surface area contributed by atoms with Crippen LogP contribution >= 0.6 is 0 Å². The lowest BCUT2D eigenvalue weighted by atomic mass is 10.1. The first-order valence-electron chi connectivity index (χ1n) is 5.58. The highest BCUT2D eigenvalue weighted by Crippen LogP contribution is 2.21. The van der Waals surface area contributed by atoms with Gasteiger partial charge in [0, 0.05) is 15.2 Å². The van der Waals surface area contributed by atoms with Gasteiger partial charge in [0.1, 0.15) is 0 Å². The maximum atomic E-state index is 5.43. The molecular formula is C12H26OSi. The third-order valence-corrected chi connectivity index (χ3v) is 3.80. The molecule has 0 amide bonds. The van der Waals surface area contributed by atoms with Gasteiger partial charge in [-0.15, -0.1) is 6.58 Å². The fourth-order valence-corrected chi connectivity index (χ4v) is 3.41. The fraction of sp³-hybridized carbons (Fsp3) is 0.833. The second-order valence-electron chi connectivity index (χ2n) is 5.34. The van der Waals surface area contributed by atoms with E-state index < -0.39 is 8.07 Å². The van der Waals surface area contributed by atoms with Gasteiger partial charge >= 0.3 is 0 Å². The molecule has 0 spiro atoms. The Bertz CT molecular complexity index is 170. The summed E-state index contributed by atoms with van der Waals surface area (Å²) in [5.41, 5.74) is 1.38. The lowest BCUT2D eigenvalue weighted by molar-refractivity contribution is 0.0950. The van der Waals surface area contributed by atoms with Gasteiger partial charge in [-0.3, -0.25) is 0 Å². The second kappa shape index (κ2) is 6.41. The Morgan fingerprint density at radius 3 is 2.29 bits per heavy atom. The minimum absolute atomic E-state index is 0.392. The number of rotatable bonds is 7. The molecule has 0 aliphatic carbocycles. The van der Waals surface area contributed by atoms with Crippen molar-refractivity contribution in [3.63, 3.8) is 0 Å². The molecule has 0 saturated heterocycles. The Balaban J connectivity index is 3.91. The summed E-state index contributed by atoms with van der Waals surface area (Å²) in [5, 5.41) is 0. The van der Waals surface area contributed by atoms with Gasteiger partial charge in [-0.25, -0.2) is 0 Å². The zero-order valence-corrected chi connectivity index (χ0v) is 11.5. The van der Waals surface area contributed by atoms with Gasteiger partial charge in [0.05, 0.1) is 6.10 Å². The molecule has 0 radical (unpaired) electrons. The van der Waals surface area contributed by atoms with E-state index in [2.05, 4.69) is 33.1 Å². The monoisotopic (exact) mass is 214 g/mol. The largest absolute Gasteiger partial charge is 0.381 e. The zero-order chi connectivity index (χ0) is 11.2. The van der Waals surface area contributed by atoms with Crippen LogP contribution < -0.4 is 0 Å². The summed E-state index contributed by atoms with van der Waals surface area (Å²) in [5.74, 6) is 0. The topological polar surface area (TPSA) is 9.23 Å². The second-order valence-corrected chi connectivity index (χ2v) is 10.8. The SMILES string of the molecule is C=C(CC(CCC)OC)C[Si](C)(C)C. The summed E-state index contributed by atoms with van der Waals surface area (Å²) in [6.45, 7) is 13.5. The van der Waals surface area contributed by atoms with E-state index in [4.69, 9.17) is 4.74 Å². The fourth-order valence-electron chi connectivity index (χ4n) is 1.77. The van der Waals surface area contributed by atoms with Crippen molar-refractivity contribution < 1.29 is 4.74 Å². The predicted octanol–water partition coefficient (Wildman–Crippen LogP) is 4.09. The summed E-state index contributed by atoms with van der Waals surface area (Å²) < 4.78 is 5.43. The van der Waals surface area contributed by atoms with Crippen LogP contribution in [0.15, 0.2) is 12.2 Å². The first-order valence-corrected chi connectivity index (χ1v) is 9.29. The van der Waals surface area contributed by atoms with E-state index in [0.717, 1.165) is 12.8 Å². The van der Waals surface area contributed by atoms with E-state index in [1.807, 2.05) is 7.11 Å². The molecule has 0 aromatic carbocycles. The molecule has 0 aromatic rings. The van der Waals surface area contributed by atoms with Crippen LogP contribution in [0.25, 0.3) is 0 Å². The van der Waals surface area contributed by atoms with Crippen LogP contribution in [-0.4, -0.2) is 21.3 Å². The molecule has 1 atom stereocenters. The van der Waals surface area contributed by atoms with Gasteiger partial charge in [-0.2, -0.15) is 0 Å². The predicted molar refractivity (Wildman–Crippen MR) is 67.6 cm³/mol. The minimum atomic E-state index is -0.978. The maximum Gasteiger partial charge on any atom is 0.0608 e. The molecule has 0 aliphatic heterocycles. The van der Waals surface area contributed by atoms with Gasteiger partial charge in [0.25, 0.3) is 0 Å². The molecule has 0 saturated carbocycles. The van der Waals surface area contributed by atoms with Crippen molar-refractivity contribution in [2.75, 3.05) is 7.11 Å². The van der Waals surface area contributed by atoms with E-state index in [9.17, 15) is 0 Å². The summed E-state index contributed by atoms with van der Waals surface area (Å²) in [6.07, 6.45) is 3.79. The lowest BCUT2D eigenvalue weighted by Gasteiger charge is -2.21. The van der Waals surface area contributed by atoms with Crippen molar-refractivity contribution in [1.29, 1.82) is 0 Å². The molecule has 1 nitrogen and oxygen atoms in total. The first kappa shape index (κ1) is 13.9. The molecule has 84 valence electrons. The van der Waals surface area contributed by atoms with Crippen LogP contribution in [-0.2, 0) is 4.74 Å². The molecule has 0 N–H and O–H groups in total. The van der Waals surface area contributed by atoms with Crippen molar-refractivity contribution in [2.45, 2.75) is 58.0 Å². The van der Waals surface area contributed by atoms with Crippen molar-refractivity contribution in [1.82, 2.24) is 0 Å². The van der Waals surface area contributed by atoms with Crippen LogP contribution in [0, 0.1) is 0 Å². The number of ether oxygens (including phenoxy) is 1. The lowest BCUT2D eigenvalue weighted by Crippen LogP contribution is -2.21. The Hall–Kier alpha value is -0.0831. The Labute approximate surface area is 90.6 Å². The van der Waals surface area contributed by atoms with E-state index in [1.54, 1.807) is 0 Å².